The van der Waals surface area contributed by atoms with E-state index in [4.69, 9.17) is 16.0 Å². The van der Waals surface area contributed by atoms with Gasteiger partial charge in [0.05, 0.1) is 18.1 Å². The minimum atomic E-state index is -0.263. The maximum Gasteiger partial charge on any atom is 0.287 e. The molecular weight excluding hydrogens is 290 g/mol. The first-order valence-electron chi connectivity index (χ1n) is 7.02. The van der Waals surface area contributed by atoms with Crippen LogP contribution in [0.25, 0.3) is 0 Å². The van der Waals surface area contributed by atoms with Gasteiger partial charge in [-0.05, 0) is 25.0 Å². The lowest BCUT2D eigenvalue weighted by molar-refractivity contribution is 0.463. The van der Waals surface area contributed by atoms with Gasteiger partial charge in [-0.2, -0.15) is 5.10 Å². The van der Waals surface area contributed by atoms with Crippen LogP contribution in [0.2, 0.25) is 5.02 Å². The number of nitrogens with zero attached hydrogens (tertiary/aromatic N) is 2. The zero-order valence-corrected chi connectivity index (χ0v) is 13.2. The van der Waals surface area contributed by atoms with Crippen molar-refractivity contribution in [2.75, 3.05) is 5.32 Å². The molecule has 2 heterocycles. The second kappa shape index (κ2) is 6.80. The van der Waals surface area contributed by atoms with Crippen molar-refractivity contribution >= 4 is 17.3 Å². The van der Waals surface area contributed by atoms with Gasteiger partial charge in [-0.1, -0.05) is 25.4 Å². The lowest BCUT2D eigenvalue weighted by Crippen LogP contribution is -2.27. The summed E-state index contributed by atoms with van der Waals surface area (Å²) in [6.45, 7) is 6.61. The van der Waals surface area contributed by atoms with Crippen LogP contribution in [0.15, 0.2) is 33.8 Å². The Morgan fingerprint density at radius 3 is 2.81 bits per heavy atom. The van der Waals surface area contributed by atoms with E-state index in [-0.39, 0.29) is 16.6 Å². The fourth-order valence-electron chi connectivity index (χ4n) is 2.09. The Kier molecular flexibility index (Phi) is 5.07. The molecule has 0 spiro atoms. The van der Waals surface area contributed by atoms with Gasteiger partial charge in [-0.25, -0.2) is 4.68 Å². The van der Waals surface area contributed by atoms with E-state index in [0.717, 1.165) is 5.76 Å². The molecule has 0 aromatic carbocycles. The van der Waals surface area contributed by atoms with Crippen LogP contribution in [0, 0.1) is 5.92 Å². The van der Waals surface area contributed by atoms with Crippen molar-refractivity contribution < 1.29 is 4.42 Å². The van der Waals surface area contributed by atoms with Gasteiger partial charge in [-0.3, -0.25) is 4.79 Å². The van der Waals surface area contributed by atoms with E-state index in [9.17, 15) is 4.79 Å². The molecule has 0 saturated carbocycles. The van der Waals surface area contributed by atoms with Gasteiger partial charge in [0.25, 0.3) is 5.56 Å². The van der Waals surface area contributed by atoms with E-state index in [2.05, 4.69) is 10.4 Å². The third-order valence-electron chi connectivity index (χ3n) is 3.01. The van der Waals surface area contributed by atoms with Crippen LogP contribution < -0.4 is 10.9 Å². The van der Waals surface area contributed by atoms with Crippen molar-refractivity contribution in [1.82, 2.24) is 9.78 Å². The van der Waals surface area contributed by atoms with Gasteiger partial charge in [0.1, 0.15) is 10.8 Å². The first kappa shape index (κ1) is 15.6. The highest BCUT2D eigenvalue weighted by molar-refractivity contribution is 6.32. The molecule has 0 amide bonds. The molecule has 6 heteroatoms. The molecule has 114 valence electrons. The second-order valence-electron chi connectivity index (χ2n) is 5.58. The lowest BCUT2D eigenvalue weighted by Gasteiger charge is -2.16. The first-order chi connectivity index (χ1) is 9.97. The number of rotatable bonds is 6. The van der Waals surface area contributed by atoms with Gasteiger partial charge in [0, 0.05) is 19.0 Å². The van der Waals surface area contributed by atoms with Crippen molar-refractivity contribution in [3.05, 3.63) is 45.7 Å². The quantitative estimate of drug-likeness (QED) is 0.890. The fraction of sp³-hybridized carbons (Fsp3) is 0.467. The maximum atomic E-state index is 12.1. The number of aromatic nitrogens is 2. The molecule has 0 bridgehead atoms. The number of furan rings is 1. The summed E-state index contributed by atoms with van der Waals surface area (Å²) in [5, 5.41) is 7.54. The van der Waals surface area contributed by atoms with Crippen LogP contribution in [0.4, 0.5) is 5.69 Å². The van der Waals surface area contributed by atoms with Gasteiger partial charge >= 0.3 is 0 Å². The summed E-state index contributed by atoms with van der Waals surface area (Å²) in [7, 11) is 0. The number of hydrogen-bond acceptors (Lipinski definition) is 4. The van der Waals surface area contributed by atoms with Crippen LogP contribution in [-0.2, 0) is 13.0 Å². The highest BCUT2D eigenvalue weighted by Gasteiger charge is 2.13. The maximum absolute atomic E-state index is 12.1. The summed E-state index contributed by atoms with van der Waals surface area (Å²) in [6, 6.07) is 3.85. The van der Waals surface area contributed by atoms with Gasteiger partial charge in [-0.15, -0.1) is 0 Å². The number of anilines is 1. The SMILES string of the molecule is CC(C)Cn1ncc(NC(C)Cc2ccco2)c(Cl)c1=O. The normalized spacial score (nSPS) is 12.6. The van der Waals surface area contributed by atoms with Crippen LogP contribution >= 0.6 is 11.6 Å². The van der Waals surface area contributed by atoms with E-state index >= 15 is 0 Å². The molecule has 0 aliphatic rings. The van der Waals surface area contributed by atoms with Crippen molar-refractivity contribution in [1.29, 1.82) is 0 Å². The Hall–Kier alpha value is -1.75. The summed E-state index contributed by atoms with van der Waals surface area (Å²) < 4.78 is 6.70. The molecule has 5 nitrogen and oxygen atoms in total. The molecule has 2 aromatic heterocycles. The van der Waals surface area contributed by atoms with E-state index in [0.29, 0.717) is 24.6 Å². The molecule has 0 saturated heterocycles. The molecular formula is C15H20ClN3O2. The minimum absolute atomic E-state index is 0.0794. The Bertz CT molecular complexity index is 635. The zero-order valence-electron chi connectivity index (χ0n) is 12.5. The second-order valence-corrected chi connectivity index (χ2v) is 5.96. The predicted octanol–water partition coefficient (Wildman–Crippen LogP) is 3.19. The highest BCUT2D eigenvalue weighted by atomic mass is 35.5. The van der Waals surface area contributed by atoms with Crippen LogP contribution in [-0.4, -0.2) is 15.8 Å². The molecule has 0 fully saturated rings. The largest absolute Gasteiger partial charge is 0.469 e. The van der Waals surface area contributed by atoms with Crippen LogP contribution in [0.5, 0.6) is 0 Å². The summed E-state index contributed by atoms with van der Waals surface area (Å²) >= 11 is 6.15. The van der Waals surface area contributed by atoms with E-state index in [1.54, 1.807) is 12.5 Å². The first-order valence-corrected chi connectivity index (χ1v) is 7.39. The van der Waals surface area contributed by atoms with Crippen molar-refractivity contribution in [2.24, 2.45) is 5.92 Å². The smallest absolute Gasteiger partial charge is 0.287 e. The molecule has 1 N–H and O–H groups in total. The third kappa shape index (κ3) is 4.11. The Balaban J connectivity index is 2.10. The van der Waals surface area contributed by atoms with E-state index in [1.165, 1.54) is 4.68 Å². The average Bonchev–Trinajstić information content (AvgIpc) is 2.91. The summed E-state index contributed by atoms with van der Waals surface area (Å²) in [4.78, 5) is 12.1. The van der Waals surface area contributed by atoms with E-state index < -0.39 is 0 Å². The molecule has 2 aromatic rings. The summed E-state index contributed by atoms with van der Waals surface area (Å²) in [5.41, 5.74) is 0.293. The molecule has 0 radical (unpaired) electrons. The highest BCUT2D eigenvalue weighted by Crippen LogP contribution is 2.18. The lowest BCUT2D eigenvalue weighted by atomic mass is 10.2. The predicted molar refractivity (Wildman–Crippen MR) is 83.8 cm³/mol. The van der Waals surface area contributed by atoms with Gasteiger partial charge < -0.3 is 9.73 Å². The Morgan fingerprint density at radius 2 is 2.19 bits per heavy atom. The summed E-state index contributed by atoms with van der Waals surface area (Å²) in [5.74, 6) is 1.22. The average molecular weight is 310 g/mol. The molecule has 2 rings (SSSR count). The van der Waals surface area contributed by atoms with E-state index in [1.807, 2.05) is 32.9 Å². The molecule has 0 aliphatic heterocycles. The van der Waals surface area contributed by atoms with Crippen LogP contribution in [0.1, 0.15) is 26.5 Å². The number of halogens is 1. The third-order valence-corrected chi connectivity index (χ3v) is 3.38. The summed E-state index contributed by atoms with van der Waals surface area (Å²) in [6.07, 6.45) is 3.95. The monoisotopic (exact) mass is 309 g/mol. The zero-order chi connectivity index (χ0) is 15.4. The Labute approximate surface area is 128 Å². The number of hydrogen-bond donors (Lipinski definition) is 1. The van der Waals surface area contributed by atoms with Crippen LogP contribution in [0.3, 0.4) is 0 Å². The molecule has 0 aliphatic carbocycles. The van der Waals surface area contributed by atoms with Gasteiger partial charge in [0.15, 0.2) is 0 Å². The number of nitrogens with one attached hydrogen (secondary N) is 1. The minimum Gasteiger partial charge on any atom is -0.469 e. The molecule has 1 unspecified atom stereocenters. The standard InChI is InChI=1S/C15H20ClN3O2/c1-10(2)9-19-15(20)14(16)13(8-17-19)18-11(3)7-12-5-4-6-21-12/h4-6,8,10-11,18H,7,9H2,1-3H3. The molecule has 21 heavy (non-hydrogen) atoms. The fourth-order valence-corrected chi connectivity index (χ4v) is 2.29. The van der Waals surface area contributed by atoms with Gasteiger partial charge in [0.2, 0.25) is 0 Å². The molecule has 1 atom stereocenters. The Morgan fingerprint density at radius 1 is 1.43 bits per heavy atom. The topological polar surface area (TPSA) is 60.1 Å². The van der Waals surface area contributed by atoms with Crippen molar-refractivity contribution in [2.45, 2.75) is 39.8 Å². The van der Waals surface area contributed by atoms with Crippen molar-refractivity contribution in [3.63, 3.8) is 0 Å². The van der Waals surface area contributed by atoms with Crippen molar-refractivity contribution in [3.8, 4) is 0 Å².